The molecule has 1 aliphatic carbocycles. The zero-order chi connectivity index (χ0) is 19.7. The van der Waals surface area contributed by atoms with E-state index in [0.717, 1.165) is 6.42 Å². The summed E-state index contributed by atoms with van der Waals surface area (Å²) in [6.07, 6.45) is 1.41. The van der Waals surface area contributed by atoms with Gasteiger partial charge in [0.1, 0.15) is 0 Å². The minimum Gasteiger partial charge on any atom is -0.347 e. The Bertz CT molecular complexity index is 973. The van der Waals surface area contributed by atoms with Gasteiger partial charge in [-0.05, 0) is 53.6 Å². The Labute approximate surface area is 167 Å². The van der Waals surface area contributed by atoms with Crippen molar-refractivity contribution in [3.63, 3.8) is 0 Å². The zero-order valence-electron chi connectivity index (χ0n) is 16.8. The smallest absolute Gasteiger partial charge is 0.220 e. The van der Waals surface area contributed by atoms with Crippen molar-refractivity contribution in [2.45, 2.75) is 45.1 Å². The third kappa shape index (κ3) is 3.13. The van der Waals surface area contributed by atoms with Gasteiger partial charge in [0.15, 0.2) is 0 Å². The van der Waals surface area contributed by atoms with Crippen LogP contribution < -0.4 is 5.32 Å². The van der Waals surface area contributed by atoms with E-state index in [-0.39, 0.29) is 11.8 Å². The van der Waals surface area contributed by atoms with E-state index in [4.69, 9.17) is 0 Å². The Kier molecular flexibility index (Phi) is 4.80. The first kappa shape index (κ1) is 18.5. The lowest BCUT2D eigenvalue weighted by molar-refractivity contribution is -0.122. The monoisotopic (exact) mass is 369 g/mol. The van der Waals surface area contributed by atoms with Crippen LogP contribution in [0.3, 0.4) is 0 Å². The first-order valence-corrected chi connectivity index (χ1v) is 10.1. The van der Waals surface area contributed by atoms with Crippen molar-refractivity contribution in [3.05, 3.63) is 95.1 Å². The molecule has 3 aromatic rings. The van der Waals surface area contributed by atoms with Crippen LogP contribution in [0.1, 0.15) is 61.8 Å². The lowest BCUT2D eigenvalue weighted by atomic mass is 9.80. The maximum absolute atomic E-state index is 12.4. The molecule has 0 saturated heterocycles. The third-order valence-corrected chi connectivity index (χ3v) is 5.71. The van der Waals surface area contributed by atoms with E-state index in [2.05, 4.69) is 92.0 Å². The third-order valence-electron chi connectivity index (χ3n) is 5.71. The summed E-state index contributed by atoms with van der Waals surface area (Å²) in [5.41, 5.74) is 7.31. The van der Waals surface area contributed by atoms with E-state index in [1.54, 1.807) is 0 Å². The summed E-state index contributed by atoms with van der Waals surface area (Å²) in [7, 11) is 0. The van der Waals surface area contributed by atoms with E-state index in [9.17, 15) is 4.79 Å². The van der Waals surface area contributed by atoms with Crippen LogP contribution in [0.2, 0.25) is 0 Å². The summed E-state index contributed by atoms with van der Waals surface area (Å²) in [4.78, 5) is 12.4. The highest BCUT2D eigenvalue weighted by Crippen LogP contribution is 2.49. The molecule has 0 aliphatic heterocycles. The second-order valence-electron chi connectivity index (χ2n) is 8.12. The summed E-state index contributed by atoms with van der Waals surface area (Å²) in [6, 6.07) is 25.9. The zero-order valence-corrected chi connectivity index (χ0v) is 16.8. The fraction of sp³-hybridized carbons (Fsp3) is 0.269. The van der Waals surface area contributed by atoms with Gasteiger partial charge in [-0.3, -0.25) is 4.79 Å². The molecule has 3 aromatic carbocycles. The number of hydrogen-bond donors (Lipinski definition) is 1. The minimum atomic E-state index is -0.435. The molecule has 28 heavy (non-hydrogen) atoms. The summed E-state index contributed by atoms with van der Waals surface area (Å²) < 4.78 is 0. The quantitative estimate of drug-likeness (QED) is 0.459. The second-order valence-corrected chi connectivity index (χ2v) is 8.12. The van der Waals surface area contributed by atoms with E-state index >= 15 is 0 Å². The molecule has 142 valence electrons. The van der Waals surface area contributed by atoms with E-state index < -0.39 is 5.54 Å². The number of carbonyl (C=O) groups excluding carboxylic acids is 1. The maximum atomic E-state index is 12.4. The predicted molar refractivity (Wildman–Crippen MR) is 115 cm³/mol. The topological polar surface area (TPSA) is 29.1 Å². The van der Waals surface area contributed by atoms with Crippen LogP contribution in [0.5, 0.6) is 0 Å². The molecule has 1 aliphatic rings. The molecule has 2 heteroatoms. The Morgan fingerprint density at radius 3 is 1.89 bits per heavy atom. The van der Waals surface area contributed by atoms with Crippen molar-refractivity contribution < 1.29 is 4.79 Å². The van der Waals surface area contributed by atoms with Crippen LogP contribution in [0.25, 0.3) is 11.1 Å². The van der Waals surface area contributed by atoms with Gasteiger partial charge in [0.2, 0.25) is 5.91 Å². The maximum Gasteiger partial charge on any atom is 0.220 e. The minimum absolute atomic E-state index is 0.106. The van der Waals surface area contributed by atoms with Crippen molar-refractivity contribution >= 4 is 5.91 Å². The van der Waals surface area contributed by atoms with Crippen molar-refractivity contribution in [1.29, 1.82) is 0 Å². The summed E-state index contributed by atoms with van der Waals surface area (Å²) in [6.45, 7) is 6.24. The number of rotatable bonds is 5. The number of benzene rings is 3. The summed E-state index contributed by atoms with van der Waals surface area (Å²) in [5.74, 6) is 0.292. The number of hydrogen-bond acceptors (Lipinski definition) is 1. The van der Waals surface area contributed by atoms with Gasteiger partial charge in [0, 0.05) is 12.3 Å². The highest BCUT2D eigenvalue weighted by molar-refractivity contribution is 5.81. The Morgan fingerprint density at radius 2 is 1.32 bits per heavy atom. The van der Waals surface area contributed by atoms with Crippen LogP contribution in [0, 0.1) is 0 Å². The van der Waals surface area contributed by atoms with Crippen LogP contribution in [-0.4, -0.2) is 5.91 Å². The normalized spacial score (nSPS) is 13.1. The lowest BCUT2D eigenvalue weighted by Crippen LogP contribution is -2.41. The number of amides is 1. The molecular weight excluding hydrogens is 342 g/mol. The van der Waals surface area contributed by atoms with Gasteiger partial charge in [-0.15, -0.1) is 0 Å². The number of carbonyl (C=O) groups is 1. The van der Waals surface area contributed by atoms with Gasteiger partial charge in [-0.1, -0.05) is 79.7 Å². The fourth-order valence-electron chi connectivity index (χ4n) is 4.51. The molecule has 0 aromatic heterocycles. The molecule has 0 fully saturated rings. The molecule has 2 nitrogen and oxygen atoms in total. The number of fused-ring (bicyclic) bond motifs is 3. The largest absolute Gasteiger partial charge is 0.347 e. The Morgan fingerprint density at radius 1 is 0.821 bits per heavy atom. The van der Waals surface area contributed by atoms with E-state index in [0.29, 0.717) is 6.42 Å². The van der Waals surface area contributed by atoms with Crippen LogP contribution in [0.4, 0.5) is 0 Å². The van der Waals surface area contributed by atoms with Crippen molar-refractivity contribution in [1.82, 2.24) is 5.32 Å². The Hall–Kier alpha value is -2.87. The molecule has 0 bridgehead atoms. The first-order valence-electron chi connectivity index (χ1n) is 10.1. The number of nitrogens with one attached hydrogen (secondary N) is 1. The molecule has 0 saturated carbocycles. The van der Waals surface area contributed by atoms with Crippen LogP contribution in [0.15, 0.2) is 72.8 Å². The molecular formula is C26H27NO. The van der Waals surface area contributed by atoms with Gasteiger partial charge in [0.25, 0.3) is 0 Å². The molecule has 0 unspecified atom stereocenters. The molecule has 0 heterocycles. The summed E-state index contributed by atoms with van der Waals surface area (Å²) >= 11 is 0. The van der Waals surface area contributed by atoms with Gasteiger partial charge >= 0.3 is 0 Å². The first-order chi connectivity index (χ1) is 13.5. The Balaban J connectivity index is 1.85. The van der Waals surface area contributed by atoms with Gasteiger partial charge in [0.05, 0.1) is 5.54 Å². The molecule has 1 amide bonds. The molecule has 0 radical (unpaired) electrons. The average Bonchev–Trinajstić information content (AvgIpc) is 3.02. The van der Waals surface area contributed by atoms with Crippen molar-refractivity contribution in [3.8, 4) is 11.1 Å². The molecule has 0 atom stereocenters. The van der Waals surface area contributed by atoms with Gasteiger partial charge in [-0.2, -0.15) is 0 Å². The van der Waals surface area contributed by atoms with E-state index in [1.807, 2.05) is 6.92 Å². The summed E-state index contributed by atoms with van der Waals surface area (Å²) in [5, 5.41) is 3.25. The fourth-order valence-corrected chi connectivity index (χ4v) is 4.51. The SMILES string of the molecule is CCCC(=O)NC(C)(C)c1ccccc1C1c2ccccc2-c2ccccc21. The molecule has 1 N–H and O–H groups in total. The lowest BCUT2D eigenvalue weighted by Gasteiger charge is -2.31. The second kappa shape index (κ2) is 7.27. The van der Waals surface area contributed by atoms with Crippen molar-refractivity contribution in [2.75, 3.05) is 0 Å². The highest BCUT2D eigenvalue weighted by atomic mass is 16.1. The van der Waals surface area contributed by atoms with Crippen LogP contribution >= 0.6 is 0 Å². The van der Waals surface area contributed by atoms with E-state index in [1.165, 1.54) is 33.4 Å². The van der Waals surface area contributed by atoms with Crippen molar-refractivity contribution in [2.24, 2.45) is 0 Å². The standard InChI is InChI=1S/C26H27NO/c1-4-11-24(28)27-26(2,3)23-17-10-9-16-22(23)25-20-14-7-5-12-18(20)19-13-6-8-15-21(19)25/h5-10,12-17,25H,4,11H2,1-3H3,(H,27,28). The average molecular weight is 370 g/mol. The van der Waals surface area contributed by atoms with Gasteiger partial charge in [-0.25, -0.2) is 0 Å². The predicted octanol–water partition coefficient (Wildman–Crippen LogP) is 6.00. The van der Waals surface area contributed by atoms with Crippen LogP contribution in [-0.2, 0) is 10.3 Å². The molecule has 4 rings (SSSR count). The molecule has 0 spiro atoms. The highest BCUT2D eigenvalue weighted by Gasteiger charge is 2.34. The van der Waals surface area contributed by atoms with Gasteiger partial charge < -0.3 is 5.32 Å².